The molecule has 1 fully saturated rings. The van der Waals surface area contributed by atoms with Crippen LogP contribution in [0.4, 0.5) is 0 Å². The van der Waals surface area contributed by atoms with Crippen molar-refractivity contribution >= 4 is 5.97 Å². The summed E-state index contributed by atoms with van der Waals surface area (Å²) < 4.78 is 16.1. The zero-order chi connectivity index (χ0) is 26.6. The van der Waals surface area contributed by atoms with Crippen molar-refractivity contribution in [2.45, 2.75) is 147 Å². The van der Waals surface area contributed by atoms with Crippen LogP contribution >= 0.6 is 0 Å². The largest absolute Gasteiger partial charge is 0.463 e. The van der Waals surface area contributed by atoms with Crippen LogP contribution < -0.4 is 0 Å². The summed E-state index contributed by atoms with van der Waals surface area (Å²) in [4.78, 5) is 11.9. The number of unbranched alkanes of at least 4 members (excludes halogenated alkanes) is 14. The number of ether oxygens (including phenoxy) is 3. The Morgan fingerprint density at radius 3 is 1.81 bits per heavy atom. The molecule has 0 aromatic heterocycles. The normalized spacial score (nSPS) is 25.1. The van der Waals surface area contributed by atoms with Crippen molar-refractivity contribution in [3.8, 4) is 0 Å². The van der Waals surface area contributed by atoms with E-state index < -0.39 is 43.2 Å². The van der Waals surface area contributed by atoms with E-state index in [2.05, 4.69) is 6.92 Å². The quantitative estimate of drug-likeness (QED) is 0.124. The third kappa shape index (κ3) is 14.8. The zero-order valence-corrected chi connectivity index (χ0v) is 22.8. The van der Waals surface area contributed by atoms with Crippen LogP contribution in [0.1, 0.15) is 117 Å². The first-order valence-electron chi connectivity index (χ1n) is 14.5. The van der Waals surface area contributed by atoms with Crippen LogP contribution in [0, 0.1) is 5.92 Å². The monoisotopic (exact) mass is 518 g/mol. The minimum Gasteiger partial charge on any atom is -0.463 e. The number of carbonyl (C=O) groups excluding carboxylic acids is 1. The van der Waals surface area contributed by atoms with Gasteiger partial charge in [-0.25, -0.2) is 0 Å². The summed E-state index contributed by atoms with van der Waals surface area (Å²) in [7, 11) is 0. The van der Waals surface area contributed by atoms with Gasteiger partial charge in [0.15, 0.2) is 6.29 Å². The summed E-state index contributed by atoms with van der Waals surface area (Å²) >= 11 is 0. The Bertz CT molecular complexity index is 530. The van der Waals surface area contributed by atoms with Gasteiger partial charge < -0.3 is 34.6 Å². The minimum atomic E-state index is -1.20. The lowest BCUT2D eigenvalue weighted by molar-refractivity contribution is -0.286. The van der Waals surface area contributed by atoms with E-state index in [1.807, 2.05) is 0 Å². The Labute approximate surface area is 218 Å². The average Bonchev–Trinajstić information content (AvgIpc) is 2.88. The Kier molecular flexibility index (Phi) is 19.6. The molecule has 0 amide bonds. The first kappa shape index (κ1) is 33.3. The van der Waals surface area contributed by atoms with Crippen molar-refractivity contribution in [1.29, 1.82) is 0 Å². The Morgan fingerprint density at radius 2 is 1.31 bits per heavy atom. The van der Waals surface area contributed by atoms with Crippen molar-refractivity contribution in [3.05, 3.63) is 0 Å². The lowest BCUT2D eigenvalue weighted by Gasteiger charge is -2.40. The van der Waals surface area contributed by atoms with Crippen LogP contribution in [-0.2, 0) is 19.0 Å². The van der Waals surface area contributed by atoms with Gasteiger partial charge in [-0.15, -0.1) is 0 Å². The van der Waals surface area contributed by atoms with Gasteiger partial charge in [0.05, 0.1) is 19.3 Å². The second-order valence-electron chi connectivity index (χ2n) is 10.4. The summed E-state index contributed by atoms with van der Waals surface area (Å²) in [6.45, 7) is 3.13. The van der Waals surface area contributed by atoms with Crippen LogP contribution in [0.25, 0.3) is 0 Å². The Balaban J connectivity index is 1.94. The molecule has 1 aliphatic heterocycles. The van der Waals surface area contributed by atoms with E-state index in [0.717, 1.165) is 19.3 Å². The fraction of sp³-hybridized carbons (Fsp3) is 0.964. The Hall–Kier alpha value is -0.770. The lowest BCUT2D eigenvalue weighted by atomic mass is 9.92. The standard InChI is InChI=1S/C28H54O8/c1-3-4-5-6-7-8-9-10-11-12-13-14-15-16-17-18-25(31)34-20-23(30)21-35-28-22(2)26(32)27(33)24(19-29)36-28/h22-24,26-30,32-33H,3-21H2,1-2H3. The van der Waals surface area contributed by atoms with Crippen molar-refractivity contribution in [3.63, 3.8) is 0 Å². The summed E-state index contributed by atoms with van der Waals surface area (Å²) in [6, 6.07) is 0. The number of carbonyl (C=O) groups is 1. The molecule has 1 heterocycles. The smallest absolute Gasteiger partial charge is 0.305 e. The number of aliphatic hydroxyl groups is 4. The fourth-order valence-corrected chi connectivity index (χ4v) is 4.57. The van der Waals surface area contributed by atoms with Crippen molar-refractivity contribution in [1.82, 2.24) is 0 Å². The summed E-state index contributed by atoms with van der Waals surface area (Å²) in [5.41, 5.74) is 0. The SMILES string of the molecule is CCCCCCCCCCCCCCCCCC(=O)OCC(O)COC1OC(CO)C(O)C(O)C1C. The van der Waals surface area contributed by atoms with Gasteiger partial charge in [0.25, 0.3) is 0 Å². The maximum absolute atomic E-state index is 11.9. The molecule has 6 unspecified atom stereocenters. The predicted octanol–water partition coefficient (Wildman–Crippen LogP) is 4.24. The van der Waals surface area contributed by atoms with E-state index in [0.29, 0.717) is 6.42 Å². The molecule has 8 nitrogen and oxygen atoms in total. The maximum atomic E-state index is 11.9. The fourth-order valence-electron chi connectivity index (χ4n) is 4.57. The van der Waals surface area contributed by atoms with E-state index in [1.165, 1.54) is 77.0 Å². The highest BCUT2D eigenvalue weighted by molar-refractivity contribution is 5.69. The van der Waals surface area contributed by atoms with Gasteiger partial charge in [0.2, 0.25) is 0 Å². The number of rotatable bonds is 22. The molecule has 6 atom stereocenters. The topological polar surface area (TPSA) is 126 Å². The highest BCUT2D eigenvalue weighted by Crippen LogP contribution is 2.26. The molecule has 0 aromatic carbocycles. The van der Waals surface area contributed by atoms with Crippen LogP contribution in [0.15, 0.2) is 0 Å². The maximum Gasteiger partial charge on any atom is 0.305 e. The zero-order valence-electron chi connectivity index (χ0n) is 22.8. The molecule has 0 aromatic rings. The lowest BCUT2D eigenvalue weighted by Crippen LogP contribution is -2.55. The second-order valence-corrected chi connectivity index (χ2v) is 10.4. The summed E-state index contributed by atoms with van der Waals surface area (Å²) in [5, 5.41) is 39.2. The van der Waals surface area contributed by atoms with Crippen LogP contribution in [0.5, 0.6) is 0 Å². The van der Waals surface area contributed by atoms with Gasteiger partial charge >= 0.3 is 5.97 Å². The highest BCUT2D eigenvalue weighted by Gasteiger charge is 2.42. The van der Waals surface area contributed by atoms with E-state index >= 15 is 0 Å². The van der Waals surface area contributed by atoms with Gasteiger partial charge in [0.1, 0.15) is 24.9 Å². The van der Waals surface area contributed by atoms with Gasteiger partial charge in [0, 0.05) is 12.3 Å². The third-order valence-electron chi connectivity index (χ3n) is 7.06. The van der Waals surface area contributed by atoms with E-state index in [-0.39, 0.29) is 19.2 Å². The molecular weight excluding hydrogens is 464 g/mol. The third-order valence-corrected chi connectivity index (χ3v) is 7.06. The van der Waals surface area contributed by atoms with Crippen LogP contribution in [0.2, 0.25) is 0 Å². The Morgan fingerprint density at radius 1 is 0.806 bits per heavy atom. The van der Waals surface area contributed by atoms with Crippen molar-refractivity contribution in [2.24, 2.45) is 5.92 Å². The van der Waals surface area contributed by atoms with Crippen molar-refractivity contribution in [2.75, 3.05) is 19.8 Å². The predicted molar refractivity (Wildman–Crippen MR) is 139 cm³/mol. The van der Waals surface area contributed by atoms with E-state index in [9.17, 15) is 25.2 Å². The number of aliphatic hydroxyl groups excluding tert-OH is 4. The van der Waals surface area contributed by atoms with Gasteiger partial charge in [-0.05, 0) is 6.42 Å². The van der Waals surface area contributed by atoms with Crippen LogP contribution in [-0.4, -0.2) is 76.9 Å². The number of hydrogen-bond acceptors (Lipinski definition) is 8. The molecular formula is C28H54O8. The molecule has 1 saturated heterocycles. The second kappa shape index (κ2) is 21.2. The first-order chi connectivity index (χ1) is 17.4. The molecule has 4 N–H and O–H groups in total. The molecule has 0 radical (unpaired) electrons. The molecule has 0 aliphatic carbocycles. The summed E-state index contributed by atoms with van der Waals surface area (Å²) in [6.07, 6.45) is 14.2. The van der Waals surface area contributed by atoms with E-state index in [1.54, 1.807) is 6.92 Å². The number of hydrogen-bond donors (Lipinski definition) is 4. The summed E-state index contributed by atoms with van der Waals surface area (Å²) in [5.74, 6) is -0.868. The minimum absolute atomic E-state index is 0.151. The van der Waals surface area contributed by atoms with Gasteiger partial charge in [-0.2, -0.15) is 0 Å². The molecule has 0 saturated carbocycles. The molecule has 214 valence electrons. The van der Waals surface area contributed by atoms with Gasteiger partial charge in [-0.3, -0.25) is 4.79 Å². The molecule has 1 rings (SSSR count). The van der Waals surface area contributed by atoms with Gasteiger partial charge in [-0.1, -0.05) is 104 Å². The molecule has 1 aliphatic rings. The molecule has 0 spiro atoms. The van der Waals surface area contributed by atoms with Crippen molar-refractivity contribution < 1.29 is 39.4 Å². The molecule has 36 heavy (non-hydrogen) atoms. The molecule has 0 bridgehead atoms. The average molecular weight is 519 g/mol. The number of esters is 1. The van der Waals surface area contributed by atoms with E-state index in [4.69, 9.17) is 14.2 Å². The molecule has 8 heteroatoms. The first-order valence-corrected chi connectivity index (χ1v) is 14.5. The van der Waals surface area contributed by atoms with Crippen LogP contribution in [0.3, 0.4) is 0 Å². The highest BCUT2D eigenvalue weighted by atomic mass is 16.7.